The van der Waals surface area contributed by atoms with Gasteiger partial charge in [-0.05, 0) is 37.9 Å². The lowest BCUT2D eigenvalue weighted by Crippen LogP contribution is -2.21. The number of carboxylic acids is 1. The van der Waals surface area contributed by atoms with Crippen LogP contribution in [0.1, 0.15) is 11.6 Å². The van der Waals surface area contributed by atoms with Crippen molar-refractivity contribution >= 4 is 53.8 Å². The molecule has 4 N–H and O–H groups in total. The number of nitrogens with two attached hydrogens (primary N) is 1. The lowest BCUT2D eigenvalue weighted by molar-refractivity contribution is -0.138. The summed E-state index contributed by atoms with van der Waals surface area (Å²) in [4.78, 5) is 10.7. The number of aliphatic carboxylic acids is 1. The number of rotatable bonds is 2. The largest absolute Gasteiger partial charge is 0.506 e. The Morgan fingerprint density at radius 2 is 1.87 bits per heavy atom. The van der Waals surface area contributed by atoms with Crippen LogP contribution in [0.2, 0.25) is 0 Å². The number of hydrogen-bond acceptors (Lipinski definition) is 3. The molecule has 1 unspecified atom stereocenters. The highest BCUT2D eigenvalue weighted by molar-refractivity contribution is 9.11. The minimum Gasteiger partial charge on any atom is -0.506 e. The lowest BCUT2D eigenvalue weighted by atomic mass is 10.1. The van der Waals surface area contributed by atoms with Gasteiger partial charge in [0.05, 0.1) is 8.95 Å². The monoisotopic (exact) mass is 401 g/mol. The number of carbonyl (C=O) groups is 1. The Bertz CT molecular complexity index is 422. The smallest absolute Gasteiger partial charge is 0.325 e. The molecular formula is C8H6Br3NO3. The van der Waals surface area contributed by atoms with E-state index >= 15 is 0 Å². The quantitative estimate of drug-likeness (QED) is 0.709. The van der Waals surface area contributed by atoms with E-state index in [0.717, 1.165) is 0 Å². The molecule has 15 heavy (non-hydrogen) atoms. The van der Waals surface area contributed by atoms with E-state index in [1.807, 2.05) is 0 Å². The molecule has 0 amide bonds. The van der Waals surface area contributed by atoms with Gasteiger partial charge >= 0.3 is 5.97 Å². The van der Waals surface area contributed by atoms with Crippen LogP contribution in [-0.4, -0.2) is 16.2 Å². The maximum atomic E-state index is 10.7. The van der Waals surface area contributed by atoms with Gasteiger partial charge in [0.25, 0.3) is 0 Å². The second-order valence-electron chi connectivity index (χ2n) is 2.73. The van der Waals surface area contributed by atoms with Gasteiger partial charge in [-0.2, -0.15) is 0 Å². The molecule has 0 aliphatic heterocycles. The number of phenols is 1. The Morgan fingerprint density at radius 3 is 2.33 bits per heavy atom. The van der Waals surface area contributed by atoms with Crippen LogP contribution >= 0.6 is 47.8 Å². The first-order valence-electron chi connectivity index (χ1n) is 3.71. The number of phenolic OH excluding ortho intramolecular Hbond substituents is 1. The van der Waals surface area contributed by atoms with Crippen LogP contribution in [0.5, 0.6) is 5.75 Å². The van der Waals surface area contributed by atoms with E-state index < -0.39 is 12.0 Å². The van der Waals surface area contributed by atoms with Crippen molar-refractivity contribution in [1.29, 1.82) is 0 Å². The zero-order valence-corrected chi connectivity index (χ0v) is 11.9. The van der Waals surface area contributed by atoms with Gasteiger partial charge in [0.15, 0.2) is 0 Å². The molecule has 0 spiro atoms. The Kier molecular flexibility index (Phi) is 4.16. The first-order valence-corrected chi connectivity index (χ1v) is 6.09. The Labute approximate surface area is 111 Å². The average Bonchev–Trinajstić information content (AvgIpc) is 2.14. The molecule has 7 heteroatoms. The molecular weight excluding hydrogens is 398 g/mol. The first-order chi connectivity index (χ1) is 6.86. The fourth-order valence-corrected chi connectivity index (χ4v) is 3.62. The zero-order valence-electron chi connectivity index (χ0n) is 7.17. The predicted molar refractivity (Wildman–Crippen MR) is 65.8 cm³/mol. The molecule has 0 radical (unpaired) electrons. The number of halogens is 3. The Morgan fingerprint density at radius 1 is 1.33 bits per heavy atom. The van der Waals surface area contributed by atoms with Crippen LogP contribution in [0.4, 0.5) is 0 Å². The average molecular weight is 404 g/mol. The molecule has 1 aromatic rings. The third kappa shape index (κ3) is 2.52. The highest BCUT2D eigenvalue weighted by Crippen LogP contribution is 2.41. The van der Waals surface area contributed by atoms with Crippen molar-refractivity contribution in [2.24, 2.45) is 5.73 Å². The molecule has 1 aromatic carbocycles. The number of carboxylic acid groups (broad SMARTS) is 1. The standard InChI is InChI=1S/C8H6Br3NO3/c9-2-1-3(10)7(13)5(11)4(2)6(12)8(14)15/h1,6,13H,12H2,(H,14,15). The van der Waals surface area contributed by atoms with Gasteiger partial charge in [-0.25, -0.2) is 0 Å². The molecule has 1 atom stereocenters. The SMILES string of the molecule is NC(C(=O)O)c1c(Br)cc(Br)c(O)c1Br. The maximum absolute atomic E-state index is 10.7. The summed E-state index contributed by atoms with van der Waals surface area (Å²) in [7, 11) is 0. The summed E-state index contributed by atoms with van der Waals surface area (Å²) in [5.41, 5.74) is 5.77. The Balaban J connectivity index is 3.42. The normalized spacial score (nSPS) is 12.5. The number of benzene rings is 1. The summed E-state index contributed by atoms with van der Waals surface area (Å²) in [5.74, 6) is -1.25. The minimum atomic E-state index is -1.20. The van der Waals surface area contributed by atoms with Crippen molar-refractivity contribution in [3.8, 4) is 5.75 Å². The maximum Gasteiger partial charge on any atom is 0.325 e. The molecule has 0 saturated carbocycles. The highest BCUT2D eigenvalue weighted by atomic mass is 79.9. The van der Waals surface area contributed by atoms with Crippen molar-refractivity contribution in [1.82, 2.24) is 0 Å². The Hall–Kier alpha value is -0.110. The lowest BCUT2D eigenvalue weighted by Gasteiger charge is -2.13. The van der Waals surface area contributed by atoms with Crippen molar-refractivity contribution in [2.75, 3.05) is 0 Å². The summed E-state index contributed by atoms with van der Waals surface area (Å²) < 4.78 is 1.22. The van der Waals surface area contributed by atoms with Gasteiger partial charge in [0.2, 0.25) is 0 Å². The van der Waals surface area contributed by atoms with Crippen LogP contribution in [0.3, 0.4) is 0 Å². The van der Waals surface area contributed by atoms with Crippen LogP contribution in [0.15, 0.2) is 19.5 Å². The van der Waals surface area contributed by atoms with Gasteiger partial charge in [0, 0.05) is 10.0 Å². The van der Waals surface area contributed by atoms with Crippen molar-refractivity contribution < 1.29 is 15.0 Å². The molecule has 0 fully saturated rings. The molecule has 0 aliphatic rings. The van der Waals surface area contributed by atoms with E-state index in [9.17, 15) is 9.90 Å². The van der Waals surface area contributed by atoms with E-state index in [-0.39, 0.29) is 10.2 Å². The van der Waals surface area contributed by atoms with E-state index in [1.165, 1.54) is 6.07 Å². The topological polar surface area (TPSA) is 83.6 Å². The van der Waals surface area contributed by atoms with Gasteiger partial charge in [-0.15, -0.1) is 0 Å². The van der Waals surface area contributed by atoms with Crippen LogP contribution in [0, 0.1) is 0 Å². The third-order valence-corrected chi connectivity index (χ3v) is 3.82. The number of hydrogen-bond donors (Lipinski definition) is 3. The molecule has 0 heterocycles. The van der Waals surface area contributed by atoms with E-state index in [4.69, 9.17) is 10.8 Å². The minimum absolute atomic E-state index is 0.0788. The summed E-state index contributed by atoms with van der Waals surface area (Å²) in [6.07, 6.45) is 0. The molecule has 1 rings (SSSR count). The third-order valence-electron chi connectivity index (χ3n) is 1.76. The van der Waals surface area contributed by atoms with Crippen molar-refractivity contribution in [3.05, 3.63) is 25.0 Å². The second kappa shape index (κ2) is 4.82. The molecule has 0 saturated heterocycles. The van der Waals surface area contributed by atoms with Crippen LogP contribution < -0.4 is 5.73 Å². The number of aromatic hydroxyl groups is 1. The fraction of sp³-hybridized carbons (Fsp3) is 0.125. The fourth-order valence-electron chi connectivity index (χ4n) is 1.00. The second-order valence-corrected chi connectivity index (χ2v) is 5.23. The molecule has 0 aliphatic carbocycles. The van der Waals surface area contributed by atoms with Crippen LogP contribution in [-0.2, 0) is 4.79 Å². The highest BCUT2D eigenvalue weighted by Gasteiger charge is 2.23. The summed E-state index contributed by atoms with van der Waals surface area (Å²) in [5, 5.41) is 18.4. The summed E-state index contributed by atoms with van der Waals surface area (Å²) in [6, 6.07) is 0.339. The van der Waals surface area contributed by atoms with Gasteiger partial charge in [-0.1, -0.05) is 15.9 Å². The molecule has 0 bridgehead atoms. The molecule has 4 nitrogen and oxygen atoms in total. The first kappa shape index (κ1) is 13.0. The van der Waals surface area contributed by atoms with Crippen LogP contribution in [0.25, 0.3) is 0 Å². The van der Waals surface area contributed by atoms with E-state index in [0.29, 0.717) is 14.5 Å². The zero-order chi connectivity index (χ0) is 11.7. The van der Waals surface area contributed by atoms with Gasteiger partial charge in [-0.3, -0.25) is 4.79 Å². The van der Waals surface area contributed by atoms with Crippen molar-refractivity contribution in [3.63, 3.8) is 0 Å². The van der Waals surface area contributed by atoms with Gasteiger partial charge < -0.3 is 15.9 Å². The van der Waals surface area contributed by atoms with Crippen molar-refractivity contribution in [2.45, 2.75) is 6.04 Å². The van der Waals surface area contributed by atoms with E-state index in [1.54, 1.807) is 0 Å². The van der Waals surface area contributed by atoms with E-state index in [2.05, 4.69) is 47.8 Å². The molecule has 0 aromatic heterocycles. The molecule has 82 valence electrons. The van der Waals surface area contributed by atoms with Gasteiger partial charge in [0.1, 0.15) is 11.8 Å². The predicted octanol–water partition coefficient (Wildman–Crippen LogP) is 2.76. The summed E-state index contributed by atoms with van der Waals surface area (Å²) in [6.45, 7) is 0. The summed E-state index contributed by atoms with van der Waals surface area (Å²) >= 11 is 9.40.